The number of nitrogens with zero attached hydrogens (tertiary/aromatic N) is 2. The summed E-state index contributed by atoms with van der Waals surface area (Å²) in [5.41, 5.74) is 2.21. The fraction of sp³-hybridized carbons (Fsp3) is 0.120. The van der Waals surface area contributed by atoms with E-state index in [1.807, 2.05) is 36.4 Å². The number of ketones is 1. The molecule has 0 saturated heterocycles. The van der Waals surface area contributed by atoms with Crippen LogP contribution in [0.4, 0.5) is 0 Å². The van der Waals surface area contributed by atoms with E-state index in [4.69, 9.17) is 9.15 Å². The molecule has 0 N–H and O–H groups in total. The minimum Gasteiger partial charge on any atom is -0.450 e. The highest BCUT2D eigenvalue weighted by molar-refractivity contribution is 6.01. The van der Waals surface area contributed by atoms with Gasteiger partial charge in [-0.3, -0.25) is 4.79 Å². The van der Waals surface area contributed by atoms with E-state index >= 15 is 0 Å². The van der Waals surface area contributed by atoms with Crippen molar-refractivity contribution in [3.63, 3.8) is 0 Å². The number of Topliss-reactive ketones (excluding diaryl/α,β-unsaturated/α-hetero) is 1. The zero-order valence-corrected chi connectivity index (χ0v) is 16.9. The van der Waals surface area contributed by atoms with Gasteiger partial charge in [-0.25, -0.2) is 4.79 Å². The number of carbonyl (C=O) groups is 2. The van der Waals surface area contributed by atoms with E-state index in [1.165, 1.54) is 0 Å². The van der Waals surface area contributed by atoms with Gasteiger partial charge in [-0.2, -0.15) is 0 Å². The Hall–Kier alpha value is -4.06. The van der Waals surface area contributed by atoms with Gasteiger partial charge in [0, 0.05) is 16.7 Å². The molecule has 0 aliphatic carbocycles. The number of ether oxygens (including phenoxy) is 1. The molecule has 0 aliphatic rings. The molecule has 0 aliphatic heterocycles. The molecule has 1 aromatic heterocycles. The highest BCUT2D eigenvalue weighted by Gasteiger charge is 2.23. The molecule has 1 atom stereocenters. The van der Waals surface area contributed by atoms with E-state index in [0.717, 1.165) is 5.56 Å². The van der Waals surface area contributed by atoms with Crippen LogP contribution in [-0.2, 0) is 4.74 Å². The maximum atomic E-state index is 12.7. The highest BCUT2D eigenvalue weighted by atomic mass is 16.5. The lowest BCUT2D eigenvalue weighted by molar-refractivity contribution is 0.0277. The third-order valence-corrected chi connectivity index (χ3v) is 4.76. The lowest BCUT2D eigenvalue weighted by Crippen LogP contribution is -2.26. The lowest BCUT2D eigenvalue weighted by Gasteiger charge is -2.15. The lowest BCUT2D eigenvalue weighted by atomic mass is 10.0. The Bertz CT molecular complexity index is 1190. The Kier molecular flexibility index (Phi) is 5.98. The molecule has 3 aromatic carbocycles. The predicted octanol–water partition coefficient (Wildman–Crippen LogP) is 5.22. The summed E-state index contributed by atoms with van der Waals surface area (Å²) in [6, 6.07) is 24.9. The van der Waals surface area contributed by atoms with Gasteiger partial charge in [0.05, 0.1) is 5.56 Å². The van der Waals surface area contributed by atoms with Gasteiger partial charge in [0.1, 0.15) is 0 Å². The summed E-state index contributed by atoms with van der Waals surface area (Å²) in [6.45, 7) is 1.80. The first-order valence-corrected chi connectivity index (χ1v) is 9.95. The molecule has 4 aromatic rings. The van der Waals surface area contributed by atoms with Crippen LogP contribution in [0.2, 0.25) is 0 Å². The van der Waals surface area contributed by atoms with Crippen LogP contribution in [-0.4, -0.2) is 28.1 Å². The normalized spacial score (nSPS) is 11.6. The van der Waals surface area contributed by atoms with Crippen LogP contribution < -0.4 is 0 Å². The molecule has 0 amide bonds. The van der Waals surface area contributed by atoms with Crippen molar-refractivity contribution in [2.45, 2.75) is 19.4 Å². The van der Waals surface area contributed by atoms with Gasteiger partial charge in [-0.05, 0) is 36.8 Å². The van der Waals surface area contributed by atoms with Crippen molar-refractivity contribution in [1.29, 1.82) is 0 Å². The van der Waals surface area contributed by atoms with E-state index in [2.05, 4.69) is 10.2 Å². The Labute approximate surface area is 179 Å². The summed E-state index contributed by atoms with van der Waals surface area (Å²) < 4.78 is 11.3. The van der Waals surface area contributed by atoms with Crippen LogP contribution in [0.15, 0.2) is 89.3 Å². The van der Waals surface area contributed by atoms with Crippen molar-refractivity contribution in [3.05, 3.63) is 96.1 Å². The number of hydrogen-bond donors (Lipinski definition) is 0. The molecular formula is C25H20N2O4. The summed E-state index contributed by atoms with van der Waals surface area (Å²) in [7, 11) is 0. The van der Waals surface area contributed by atoms with E-state index in [1.54, 1.807) is 55.5 Å². The van der Waals surface area contributed by atoms with Crippen molar-refractivity contribution in [2.75, 3.05) is 0 Å². The molecule has 0 spiro atoms. The smallest absolute Gasteiger partial charge is 0.338 e. The summed E-state index contributed by atoms with van der Waals surface area (Å²) in [6.07, 6.45) is -0.477. The Morgan fingerprint density at radius 3 is 2.06 bits per heavy atom. The van der Waals surface area contributed by atoms with E-state index in [-0.39, 0.29) is 5.78 Å². The van der Waals surface area contributed by atoms with Gasteiger partial charge in [0.25, 0.3) is 0 Å². The fourth-order valence-corrected chi connectivity index (χ4v) is 3.12. The van der Waals surface area contributed by atoms with E-state index in [9.17, 15) is 9.59 Å². The fourth-order valence-electron chi connectivity index (χ4n) is 3.12. The number of rotatable bonds is 7. The van der Waals surface area contributed by atoms with Gasteiger partial charge in [0.15, 0.2) is 6.10 Å². The zero-order valence-electron chi connectivity index (χ0n) is 16.9. The van der Waals surface area contributed by atoms with Crippen molar-refractivity contribution in [3.8, 4) is 22.9 Å². The zero-order chi connectivity index (χ0) is 21.6. The monoisotopic (exact) mass is 412 g/mol. The maximum Gasteiger partial charge on any atom is 0.338 e. The molecule has 1 heterocycles. The largest absolute Gasteiger partial charge is 0.450 e. The Morgan fingerprint density at radius 1 is 0.806 bits per heavy atom. The number of benzene rings is 3. The molecule has 0 radical (unpaired) electrons. The molecule has 0 fully saturated rings. The second-order valence-corrected chi connectivity index (χ2v) is 6.89. The first-order valence-electron chi connectivity index (χ1n) is 9.95. The number of aromatic nitrogens is 2. The van der Waals surface area contributed by atoms with Crippen molar-refractivity contribution in [2.24, 2.45) is 0 Å². The van der Waals surface area contributed by atoms with Gasteiger partial charge in [-0.1, -0.05) is 61.5 Å². The molecule has 4 rings (SSSR count). The van der Waals surface area contributed by atoms with Crippen LogP contribution in [0.3, 0.4) is 0 Å². The summed E-state index contributed by atoms with van der Waals surface area (Å²) in [4.78, 5) is 25.4. The summed E-state index contributed by atoms with van der Waals surface area (Å²) >= 11 is 0. The third kappa shape index (κ3) is 4.59. The number of esters is 1. The van der Waals surface area contributed by atoms with Gasteiger partial charge >= 0.3 is 5.97 Å². The average Bonchev–Trinajstić information content (AvgIpc) is 3.34. The maximum absolute atomic E-state index is 12.7. The third-order valence-electron chi connectivity index (χ3n) is 4.76. The molecule has 31 heavy (non-hydrogen) atoms. The minimum atomic E-state index is -0.855. The summed E-state index contributed by atoms with van der Waals surface area (Å²) in [5.74, 6) is -0.123. The quantitative estimate of drug-likeness (QED) is 0.306. The number of hydrogen-bond acceptors (Lipinski definition) is 6. The van der Waals surface area contributed by atoms with Crippen molar-refractivity contribution in [1.82, 2.24) is 10.2 Å². The Morgan fingerprint density at radius 2 is 1.39 bits per heavy atom. The number of carbonyl (C=O) groups excluding carboxylic acids is 2. The highest BCUT2D eigenvalue weighted by Crippen LogP contribution is 2.25. The molecule has 154 valence electrons. The van der Waals surface area contributed by atoms with Crippen molar-refractivity contribution < 1.29 is 18.7 Å². The second kappa shape index (κ2) is 9.17. The van der Waals surface area contributed by atoms with Gasteiger partial charge < -0.3 is 9.15 Å². The van der Waals surface area contributed by atoms with Gasteiger partial charge in [0.2, 0.25) is 17.6 Å². The summed E-state index contributed by atoms with van der Waals surface area (Å²) in [5, 5.41) is 8.16. The van der Waals surface area contributed by atoms with Crippen LogP contribution in [0.1, 0.15) is 34.1 Å². The molecule has 6 nitrogen and oxygen atoms in total. The molecular weight excluding hydrogens is 392 g/mol. The van der Waals surface area contributed by atoms with Crippen LogP contribution in [0.5, 0.6) is 0 Å². The first kappa shape index (κ1) is 20.2. The first-order chi connectivity index (χ1) is 15.2. The topological polar surface area (TPSA) is 82.3 Å². The molecule has 1 unspecified atom stereocenters. The van der Waals surface area contributed by atoms with E-state index in [0.29, 0.717) is 34.9 Å². The SMILES string of the molecule is CCC(OC(=O)c1cccc(-c2nnc(-c3ccccc3)o2)c1)C(=O)c1ccccc1. The predicted molar refractivity (Wildman–Crippen MR) is 115 cm³/mol. The van der Waals surface area contributed by atoms with Crippen LogP contribution in [0.25, 0.3) is 22.9 Å². The average molecular weight is 412 g/mol. The molecule has 6 heteroatoms. The second-order valence-electron chi connectivity index (χ2n) is 6.89. The molecule has 0 bridgehead atoms. The van der Waals surface area contributed by atoms with E-state index < -0.39 is 12.1 Å². The van der Waals surface area contributed by atoms with Crippen molar-refractivity contribution >= 4 is 11.8 Å². The minimum absolute atomic E-state index is 0.225. The molecule has 0 saturated carbocycles. The standard InChI is InChI=1S/C25H20N2O4/c1-2-21(22(28)17-10-5-3-6-11-17)30-25(29)20-15-9-14-19(16-20)24-27-26-23(31-24)18-12-7-4-8-13-18/h3-16,21H,2H2,1H3. The van der Waals surface area contributed by atoms with Gasteiger partial charge in [-0.15, -0.1) is 10.2 Å². The van der Waals surface area contributed by atoms with Crippen LogP contribution in [0, 0.1) is 0 Å². The Balaban J connectivity index is 1.52. The van der Waals surface area contributed by atoms with Crippen LogP contribution >= 0.6 is 0 Å².